The van der Waals surface area contributed by atoms with Crippen LogP contribution in [-0.4, -0.2) is 39.3 Å². The number of aryl methyl sites for hydroxylation is 3. The number of nitrogens with one attached hydrogen (secondary N) is 2. The van der Waals surface area contributed by atoms with Crippen molar-refractivity contribution in [3.63, 3.8) is 0 Å². The number of nitrogens with zero attached hydrogens (tertiary/aromatic N) is 5. The molecule has 0 radical (unpaired) electrons. The highest BCUT2D eigenvalue weighted by Gasteiger charge is 2.14. The third-order valence-corrected chi connectivity index (χ3v) is 6.60. The topological polar surface area (TPSA) is 107 Å². The van der Waals surface area contributed by atoms with Crippen molar-refractivity contribution in [2.45, 2.75) is 24.3 Å². The second kappa shape index (κ2) is 8.86. The summed E-state index contributed by atoms with van der Waals surface area (Å²) in [6.45, 7) is 0.907. The van der Waals surface area contributed by atoms with Crippen LogP contribution in [0.2, 0.25) is 0 Å². The Morgan fingerprint density at radius 3 is 2.68 bits per heavy atom. The van der Waals surface area contributed by atoms with E-state index in [9.17, 15) is 8.42 Å². The van der Waals surface area contributed by atoms with Gasteiger partial charge in [-0.3, -0.25) is 4.68 Å². The lowest BCUT2D eigenvalue weighted by Crippen LogP contribution is -2.25. The van der Waals surface area contributed by atoms with Crippen LogP contribution >= 0.6 is 0 Å². The minimum absolute atomic E-state index is 0.146. The molecule has 3 heterocycles. The van der Waals surface area contributed by atoms with Crippen molar-refractivity contribution in [1.29, 1.82) is 0 Å². The van der Waals surface area contributed by atoms with Gasteiger partial charge in [0, 0.05) is 45.3 Å². The number of para-hydroxylation sites is 1. The van der Waals surface area contributed by atoms with Crippen molar-refractivity contribution in [3.8, 4) is 0 Å². The van der Waals surface area contributed by atoms with Crippen LogP contribution in [0.3, 0.4) is 0 Å². The van der Waals surface area contributed by atoms with Crippen LogP contribution in [0.25, 0.3) is 11.0 Å². The lowest BCUT2D eigenvalue weighted by Gasteiger charge is -2.10. The van der Waals surface area contributed by atoms with E-state index < -0.39 is 10.0 Å². The van der Waals surface area contributed by atoms with Crippen molar-refractivity contribution >= 4 is 26.9 Å². The van der Waals surface area contributed by atoms with E-state index in [1.54, 1.807) is 29.3 Å². The molecule has 0 aliphatic rings. The van der Waals surface area contributed by atoms with E-state index >= 15 is 0 Å². The SMILES string of the molecule is Cn1nccc1CCCNS(=O)(=O)c1ccc(NCc2cccc3ncn(C)c23)nc1. The number of fused-ring (bicyclic) bond motifs is 1. The van der Waals surface area contributed by atoms with Gasteiger partial charge in [-0.05, 0) is 42.7 Å². The fourth-order valence-electron chi connectivity index (χ4n) is 3.47. The smallest absolute Gasteiger partial charge is 0.242 e. The molecule has 0 saturated carbocycles. The highest BCUT2D eigenvalue weighted by molar-refractivity contribution is 7.89. The molecule has 4 aromatic rings. The Hall–Kier alpha value is -3.24. The van der Waals surface area contributed by atoms with Gasteiger partial charge >= 0.3 is 0 Å². The number of hydrogen-bond acceptors (Lipinski definition) is 6. The summed E-state index contributed by atoms with van der Waals surface area (Å²) in [4.78, 5) is 8.78. The van der Waals surface area contributed by atoms with E-state index in [0.29, 0.717) is 25.3 Å². The molecule has 0 spiro atoms. The summed E-state index contributed by atoms with van der Waals surface area (Å²) in [6.07, 6.45) is 6.33. The first kappa shape index (κ1) is 21.0. The molecule has 4 rings (SSSR count). The molecule has 2 N–H and O–H groups in total. The molecule has 3 aromatic heterocycles. The van der Waals surface area contributed by atoms with Crippen LogP contribution in [0, 0.1) is 0 Å². The number of hydrogen-bond donors (Lipinski definition) is 2. The van der Waals surface area contributed by atoms with Gasteiger partial charge in [-0.2, -0.15) is 5.10 Å². The number of rotatable bonds is 9. The average molecular weight is 440 g/mol. The first-order valence-corrected chi connectivity index (χ1v) is 11.5. The Labute approximate surface area is 181 Å². The van der Waals surface area contributed by atoms with E-state index in [1.165, 1.54) is 6.20 Å². The lowest BCUT2D eigenvalue weighted by atomic mass is 10.2. The van der Waals surface area contributed by atoms with E-state index in [0.717, 1.165) is 28.7 Å². The molecule has 0 atom stereocenters. The number of sulfonamides is 1. The second-order valence-electron chi connectivity index (χ2n) is 7.32. The largest absolute Gasteiger partial charge is 0.366 e. The highest BCUT2D eigenvalue weighted by atomic mass is 32.2. The summed E-state index contributed by atoms with van der Waals surface area (Å²) in [5.41, 5.74) is 4.15. The summed E-state index contributed by atoms with van der Waals surface area (Å²) >= 11 is 0. The van der Waals surface area contributed by atoms with Gasteiger partial charge in [0.05, 0.1) is 17.4 Å². The molecule has 162 valence electrons. The summed E-state index contributed by atoms with van der Waals surface area (Å²) in [7, 11) is 0.235. The summed E-state index contributed by atoms with van der Waals surface area (Å²) < 4.78 is 31.4. The third kappa shape index (κ3) is 4.75. The summed E-state index contributed by atoms with van der Waals surface area (Å²) in [6, 6.07) is 11.1. The average Bonchev–Trinajstić information content (AvgIpc) is 3.36. The van der Waals surface area contributed by atoms with Crippen molar-refractivity contribution < 1.29 is 8.42 Å². The van der Waals surface area contributed by atoms with Crippen molar-refractivity contribution in [2.75, 3.05) is 11.9 Å². The third-order valence-electron chi connectivity index (χ3n) is 5.15. The van der Waals surface area contributed by atoms with Crippen molar-refractivity contribution in [2.24, 2.45) is 14.1 Å². The van der Waals surface area contributed by atoms with Crippen molar-refractivity contribution in [1.82, 2.24) is 29.0 Å². The van der Waals surface area contributed by atoms with Gasteiger partial charge in [-0.25, -0.2) is 23.1 Å². The molecular formula is C21H25N7O2S. The zero-order valence-corrected chi connectivity index (χ0v) is 18.3. The minimum Gasteiger partial charge on any atom is -0.366 e. The number of aromatic nitrogens is 5. The molecule has 0 aliphatic heterocycles. The Morgan fingerprint density at radius 1 is 1.06 bits per heavy atom. The lowest BCUT2D eigenvalue weighted by molar-refractivity contribution is 0.577. The number of pyridine rings is 1. The predicted molar refractivity (Wildman–Crippen MR) is 119 cm³/mol. The van der Waals surface area contributed by atoms with Gasteiger partial charge in [0.25, 0.3) is 0 Å². The number of imidazole rings is 1. The molecule has 0 aliphatic carbocycles. The summed E-state index contributed by atoms with van der Waals surface area (Å²) in [5, 5.41) is 7.36. The molecular weight excluding hydrogens is 414 g/mol. The molecule has 0 amide bonds. The van der Waals surface area contributed by atoms with Crippen LogP contribution in [0.15, 0.2) is 60.0 Å². The fraction of sp³-hybridized carbons (Fsp3) is 0.286. The predicted octanol–water partition coefficient (Wildman–Crippen LogP) is 2.22. The molecule has 0 saturated heterocycles. The zero-order valence-electron chi connectivity index (χ0n) is 17.5. The maximum Gasteiger partial charge on any atom is 0.242 e. The highest BCUT2D eigenvalue weighted by Crippen LogP contribution is 2.18. The molecule has 0 fully saturated rings. The van der Waals surface area contributed by atoms with Gasteiger partial charge in [0.1, 0.15) is 10.7 Å². The van der Waals surface area contributed by atoms with Crippen LogP contribution in [-0.2, 0) is 37.1 Å². The first-order chi connectivity index (χ1) is 14.9. The molecule has 0 unspecified atom stereocenters. The van der Waals surface area contributed by atoms with Gasteiger partial charge < -0.3 is 9.88 Å². The number of benzene rings is 1. The van der Waals surface area contributed by atoms with E-state index in [2.05, 4.69) is 25.1 Å². The van der Waals surface area contributed by atoms with Gasteiger partial charge in [0.15, 0.2) is 0 Å². The Bertz CT molecular complexity index is 1280. The van der Waals surface area contributed by atoms with Gasteiger partial charge in [0.2, 0.25) is 10.0 Å². The maximum absolute atomic E-state index is 12.5. The fourth-order valence-corrected chi connectivity index (χ4v) is 4.49. The normalized spacial score (nSPS) is 11.8. The van der Waals surface area contributed by atoms with Crippen LogP contribution < -0.4 is 10.0 Å². The van der Waals surface area contributed by atoms with Crippen molar-refractivity contribution in [3.05, 3.63) is 66.4 Å². The molecule has 31 heavy (non-hydrogen) atoms. The monoisotopic (exact) mass is 439 g/mol. The molecule has 0 bridgehead atoms. The van der Waals surface area contributed by atoms with Crippen LogP contribution in [0.4, 0.5) is 5.82 Å². The Kier molecular flexibility index (Phi) is 6.01. The maximum atomic E-state index is 12.5. The van der Waals surface area contributed by atoms with Gasteiger partial charge in [-0.1, -0.05) is 12.1 Å². The second-order valence-corrected chi connectivity index (χ2v) is 9.09. The van der Waals surface area contributed by atoms with Crippen LogP contribution in [0.1, 0.15) is 17.7 Å². The first-order valence-electron chi connectivity index (χ1n) is 9.99. The standard InChI is InChI=1S/C21H25N7O2S/c1-27-15-24-19-7-3-5-16(21(19)27)13-22-20-9-8-18(14-23-20)31(29,30)26-11-4-6-17-10-12-25-28(17)2/h3,5,7-10,12,14-15,26H,4,6,11,13H2,1-2H3,(H,22,23). The van der Waals surface area contributed by atoms with E-state index in [-0.39, 0.29) is 4.90 Å². The molecule has 9 nitrogen and oxygen atoms in total. The van der Waals surface area contributed by atoms with E-state index in [1.807, 2.05) is 42.9 Å². The summed E-state index contributed by atoms with van der Waals surface area (Å²) in [5.74, 6) is 0.606. The Morgan fingerprint density at radius 2 is 1.94 bits per heavy atom. The number of anilines is 1. The van der Waals surface area contributed by atoms with Crippen LogP contribution in [0.5, 0.6) is 0 Å². The molecule has 10 heteroatoms. The minimum atomic E-state index is -3.60. The zero-order chi connectivity index (χ0) is 21.8. The Balaban J connectivity index is 1.33. The molecule has 1 aromatic carbocycles. The quantitative estimate of drug-likeness (QED) is 0.387. The van der Waals surface area contributed by atoms with Gasteiger partial charge in [-0.15, -0.1) is 0 Å². The van der Waals surface area contributed by atoms with E-state index in [4.69, 9.17) is 0 Å².